The molecule has 29 heavy (non-hydrogen) atoms. The second-order valence-electron chi connectivity index (χ2n) is 7.01. The first-order chi connectivity index (χ1) is 13.7. The number of morpholine rings is 1. The van der Waals surface area contributed by atoms with E-state index in [1.165, 1.54) is 22.3 Å². The summed E-state index contributed by atoms with van der Waals surface area (Å²) in [6.07, 6.45) is 0. The van der Waals surface area contributed by atoms with Crippen molar-refractivity contribution in [3.05, 3.63) is 69.2 Å². The van der Waals surface area contributed by atoms with Crippen LogP contribution in [-0.2, 0) is 24.4 Å². The monoisotopic (exact) mass is 572 g/mol. The fraction of sp³-hybridized carbons (Fsp3) is 0.409. The highest BCUT2D eigenvalue weighted by molar-refractivity contribution is 14.0. The molecule has 0 spiro atoms. The van der Waals surface area contributed by atoms with Crippen molar-refractivity contribution in [1.29, 1.82) is 0 Å². The lowest BCUT2D eigenvalue weighted by Gasteiger charge is -2.27. The zero-order chi connectivity index (χ0) is 19.8. The van der Waals surface area contributed by atoms with Crippen LogP contribution in [0.15, 0.2) is 51.9 Å². The second kappa shape index (κ2) is 12.5. The Hall–Kier alpha value is -1.16. The summed E-state index contributed by atoms with van der Waals surface area (Å²) in [5.74, 6) is 0.809. The number of hydrogen-bond acceptors (Lipinski definition) is 3. The largest absolute Gasteiger partial charge is 0.379 e. The Morgan fingerprint density at radius 3 is 2.34 bits per heavy atom. The Kier molecular flexibility index (Phi) is 10.4. The maximum absolute atomic E-state index is 5.46. The first kappa shape index (κ1) is 24.1. The molecule has 158 valence electrons. The molecule has 0 bridgehead atoms. The van der Waals surface area contributed by atoms with E-state index in [0.29, 0.717) is 0 Å². The molecule has 1 aliphatic heterocycles. The minimum atomic E-state index is 0. The molecule has 0 saturated carbocycles. The molecule has 1 heterocycles. The Labute approximate surface area is 199 Å². The molecule has 0 atom stereocenters. The summed E-state index contributed by atoms with van der Waals surface area (Å²) >= 11 is 3.52. The summed E-state index contributed by atoms with van der Waals surface area (Å²) in [5.41, 5.74) is 5.18. The zero-order valence-corrected chi connectivity index (χ0v) is 21.0. The van der Waals surface area contributed by atoms with Crippen molar-refractivity contribution in [2.75, 3.05) is 33.4 Å². The summed E-state index contributed by atoms with van der Waals surface area (Å²) in [4.78, 5) is 6.82. The topological polar surface area (TPSA) is 48.9 Å². The van der Waals surface area contributed by atoms with Gasteiger partial charge in [0.05, 0.1) is 13.2 Å². The van der Waals surface area contributed by atoms with E-state index >= 15 is 0 Å². The van der Waals surface area contributed by atoms with Gasteiger partial charge in [0.2, 0.25) is 0 Å². The van der Waals surface area contributed by atoms with Crippen molar-refractivity contribution in [3.63, 3.8) is 0 Å². The van der Waals surface area contributed by atoms with Crippen LogP contribution in [0, 0.1) is 6.92 Å². The zero-order valence-electron chi connectivity index (χ0n) is 17.1. The highest BCUT2D eigenvalue weighted by Crippen LogP contribution is 2.16. The van der Waals surface area contributed by atoms with Crippen LogP contribution in [0.3, 0.4) is 0 Å². The molecule has 1 saturated heterocycles. The summed E-state index contributed by atoms with van der Waals surface area (Å²) in [6.45, 7) is 8.23. The highest BCUT2D eigenvalue weighted by Gasteiger charge is 2.12. The summed E-state index contributed by atoms with van der Waals surface area (Å²) in [7, 11) is 1.81. The molecule has 2 aromatic carbocycles. The lowest BCUT2D eigenvalue weighted by atomic mass is 10.1. The van der Waals surface area contributed by atoms with Gasteiger partial charge in [0.1, 0.15) is 0 Å². The van der Waals surface area contributed by atoms with E-state index in [2.05, 4.69) is 85.8 Å². The standard InChI is InChI=1S/C22H29BrN4O.HI/c1-17-13-21(23)8-7-18(17)14-25-22(24-2)26-15-19-5-3-4-6-20(19)16-27-9-11-28-12-10-27;/h3-8,13H,9-12,14-16H2,1-2H3,(H2,24,25,26);1H. The van der Waals surface area contributed by atoms with Gasteiger partial charge in [-0.15, -0.1) is 24.0 Å². The molecule has 5 nitrogen and oxygen atoms in total. The predicted octanol–water partition coefficient (Wildman–Crippen LogP) is 4.07. The molecular formula is C22H30BrIN4O. The van der Waals surface area contributed by atoms with Crippen LogP contribution >= 0.6 is 39.9 Å². The molecule has 7 heteroatoms. The van der Waals surface area contributed by atoms with E-state index in [9.17, 15) is 0 Å². The van der Waals surface area contributed by atoms with Crippen molar-refractivity contribution >= 4 is 45.9 Å². The number of rotatable bonds is 6. The van der Waals surface area contributed by atoms with E-state index in [1.807, 2.05) is 7.05 Å². The maximum atomic E-state index is 5.46. The van der Waals surface area contributed by atoms with Crippen molar-refractivity contribution < 1.29 is 4.74 Å². The first-order valence-corrected chi connectivity index (χ1v) is 10.5. The van der Waals surface area contributed by atoms with E-state index in [-0.39, 0.29) is 24.0 Å². The number of nitrogens with one attached hydrogen (secondary N) is 2. The third kappa shape index (κ3) is 7.55. The van der Waals surface area contributed by atoms with E-state index in [1.54, 1.807) is 0 Å². The molecule has 0 aliphatic carbocycles. The highest BCUT2D eigenvalue weighted by atomic mass is 127. The van der Waals surface area contributed by atoms with Gasteiger partial charge in [-0.1, -0.05) is 46.3 Å². The maximum Gasteiger partial charge on any atom is 0.191 e. The second-order valence-corrected chi connectivity index (χ2v) is 7.92. The van der Waals surface area contributed by atoms with Crippen LogP contribution in [-0.4, -0.2) is 44.2 Å². The molecule has 0 aromatic heterocycles. The van der Waals surface area contributed by atoms with Crippen LogP contribution in [0.25, 0.3) is 0 Å². The quantitative estimate of drug-likeness (QED) is 0.311. The Bertz CT molecular complexity index is 809. The number of guanidine groups is 1. The van der Waals surface area contributed by atoms with Crippen LogP contribution in [0.5, 0.6) is 0 Å². The van der Waals surface area contributed by atoms with Gasteiger partial charge in [0.25, 0.3) is 0 Å². The van der Waals surface area contributed by atoms with Crippen LogP contribution in [0.1, 0.15) is 22.3 Å². The normalized spacial score (nSPS) is 14.9. The van der Waals surface area contributed by atoms with Crippen LogP contribution in [0.4, 0.5) is 0 Å². The number of aliphatic imine (C=N–C) groups is 1. The van der Waals surface area contributed by atoms with Gasteiger partial charge >= 0.3 is 0 Å². The summed E-state index contributed by atoms with van der Waals surface area (Å²) < 4.78 is 6.56. The molecular weight excluding hydrogens is 543 g/mol. The van der Waals surface area contributed by atoms with E-state index < -0.39 is 0 Å². The summed E-state index contributed by atoms with van der Waals surface area (Å²) in [6, 6.07) is 15.0. The fourth-order valence-corrected chi connectivity index (χ4v) is 3.80. The number of benzene rings is 2. The van der Waals surface area contributed by atoms with Gasteiger partial charge in [-0.25, -0.2) is 0 Å². The molecule has 0 unspecified atom stereocenters. The Morgan fingerprint density at radius 2 is 1.69 bits per heavy atom. The number of aryl methyl sites for hydroxylation is 1. The minimum absolute atomic E-state index is 0. The van der Waals surface area contributed by atoms with E-state index in [4.69, 9.17) is 4.74 Å². The van der Waals surface area contributed by atoms with Crippen molar-refractivity contribution in [1.82, 2.24) is 15.5 Å². The molecule has 2 aromatic rings. The Balaban J connectivity index is 0.00000300. The molecule has 0 amide bonds. The number of hydrogen-bond donors (Lipinski definition) is 2. The average Bonchev–Trinajstić information content (AvgIpc) is 2.71. The first-order valence-electron chi connectivity index (χ1n) is 9.72. The lowest BCUT2D eigenvalue weighted by molar-refractivity contribution is 0.0341. The van der Waals surface area contributed by atoms with Gasteiger partial charge in [-0.3, -0.25) is 9.89 Å². The molecule has 1 fully saturated rings. The molecule has 1 aliphatic rings. The van der Waals surface area contributed by atoms with Crippen molar-refractivity contribution in [3.8, 4) is 0 Å². The molecule has 3 rings (SSSR count). The van der Waals surface area contributed by atoms with Crippen molar-refractivity contribution in [2.45, 2.75) is 26.6 Å². The van der Waals surface area contributed by atoms with Gasteiger partial charge in [-0.05, 0) is 41.3 Å². The summed E-state index contributed by atoms with van der Waals surface area (Å²) in [5, 5.41) is 6.86. The van der Waals surface area contributed by atoms with E-state index in [0.717, 1.165) is 56.4 Å². The Morgan fingerprint density at radius 1 is 1.03 bits per heavy atom. The lowest BCUT2D eigenvalue weighted by Crippen LogP contribution is -2.37. The number of halogens is 2. The number of ether oxygens (including phenoxy) is 1. The van der Waals surface area contributed by atoms with Crippen LogP contribution < -0.4 is 10.6 Å². The predicted molar refractivity (Wildman–Crippen MR) is 134 cm³/mol. The van der Waals surface area contributed by atoms with Crippen molar-refractivity contribution in [2.24, 2.45) is 4.99 Å². The third-order valence-electron chi connectivity index (χ3n) is 5.04. The SMILES string of the molecule is CN=C(NCc1ccc(Br)cc1C)NCc1ccccc1CN1CCOCC1.I. The third-order valence-corrected chi connectivity index (χ3v) is 5.53. The number of nitrogens with zero attached hydrogens (tertiary/aromatic N) is 2. The van der Waals surface area contributed by atoms with Gasteiger partial charge in [0.15, 0.2) is 5.96 Å². The fourth-order valence-electron chi connectivity index (χ4n) is 3.32. The van der Waals surface area contributed by atoms with Gasteiger partial charge in [0, 0.05) is 44.2 Å². The smallest absolute Gasteiger partial charge is 0.191 e. The average molecular weight is 573 g/mol. The molecule has 2 N–H and O–H groups in total. The van der Waals surface area contributed by atoms with Gasteiger partial charge in [-0.2, -0.15) is 0 Å². The van der Waals surface area contributed by atoms with Crippen LogP contribution in [0.2, 0.25) is 0 Å². The minimum Gasteiger partial charge on any atom is -0.379 e. The van der Waals surface area contributed by atoms with Gasteiger partial charge < -0.3 is 15.4 Å². The molecule has 0 radical (unpaired) electrons.